The topological polar surface area (TPSA) is 69.2 Å². The number of nitrogens with zero attached hydrogens (tertiary/aromatic N) is 1. The number of hydrogen-bond donors (Lipinski definition) is 1. The summed E-state index contributed by atoms with van der Waals surface area (Å²) in [5.74, 6) is 1.63. The number of amides is 1. The van der Waals surface area contributed by atoms with Crippen molar-refractivity contribution in [2.75, 3.05) is 6.79 Å². The predicted molar refractivity (Wildman–Crippen MR) is 97.3 cm³/mol. The first-order valence-corrected chi connectivity index (χ1v) is 8.47. The van der Waals surface area contributed by atoms with Crippen LogP contribution in [0.3, 0.4) is 0 Å². The normalized spacial score (nSPS) is 13.7. The number of fused-ring (bicyclic) bond motifs is 1. The lowest BCUT2D eigenvalue weighted by Crippen LogP contribution is -2.33. The smallest absolute Gasteiger partial charge is 0.280 e. The summed E-state index contributed by atoms with van der Waals surface area (Å²) < 4.78 is 17.0. The molecule has 0 aromatic heterocycles. The van der Waals surface area contributed by atoms with Gasteiger partial charge in [-0.15, -0.1) is 0 Å². The second kappa shape index (κ2) is 7.57. The first-order chi connectivity index (χ1) is 12.0. The van der Waals surface area contributed by atoms with Crippen LogP contribution in [-0.4, -0.2) is 25.0 Å². The fourth-order valence-electron chi connectivity index (χ4n) is 2.20. The highest BCUT2D eigenvalue weighted by Crippen LogP contribution is 2.32. The molecule has 25 heavy (non-hydrogen) atoms. The summed E-state index contributed by atoms with van der Waals surface area (Å²) in [6.07, 6.45) is 0.849. The van der Waals surface area contributed by atoms with E-state index < -0.39 is 6.10 Å². The number of benzene rings is 2. The van der Waals surface area contributed by atoms with Crippen molar-refractivity contribution in [2.45, 2.75) is 20.0 Å². The van der Waals surface area contributed by atoms with E-state index in [4.69, 9.17) is 14.2 Å². The number of halogens is 1. The van der Waals surface area contributed by atoms with Crippen LogP contribution in [0.1, 0.15) is 18.1 Å². The Morgan fingerprint density at radius 1 is 1.28 bits per heavy atom. The fourth-order valence-corrected chi connectivity index (χ4v) is 2.79. The first-order valence-electron chi connectivity index (χ1n) is 7.68. The highest BCUT2D eigenvalue weighted by atomic mass is 79.9. The van der Waals surface area contributed by atoms with Gasteiger partial charge in [0.2, 0.25) is 6.79 Å². The van der Waals surface area contributed by atoms with Crippen molar-refractivity contribution in [3.63, 3.8) is 0 Å². The Morgan fingerprint density at radius 2 is 2.08 bits per heavy atom. The molecule has 1 heterocycles. The molecule has 0 fully saturated rings. The highest BCUT2D eigenvalue weighted by molar-refractivity contribution is 9.10. The maximum atomic E-state index is 12.1. The van der Waals surface area contributed by atoms with Crippen molar-refractivity contribution < 1.29 is 19.0 Å². The van der Waals surface area contributed by atoms with Crippen LogP contribution < -0.4 is 19.6 Å². The van der Waals surface area contributed by atoms with Gasteiger partial charge in [0.25, 0.3) is 5.91 Å². The van der Waals surface area contributed by atoms with Gasteiger partial charge in [0.05, 0.1) is 10.7 Å². The van der Waals surface area contributed by atoms with E-state index in [1.807, 2.05) is 31.2 Å². The Morgan fingerprint density at radius 3 is 2.88 bits per heavy atom. The van der Waals surface area contributed by atoms with E-state index in [0.29, 0.717) is 17.2 Å². The number of carbonyl (C=O) groups excluding carboxylic acids is 1. The van der Waals surface area contributed by atoms with Crippen LogP contribution in [0.2, 0.25) is 0 Å². The zero-order valence-electron chi connectivity index (χ0n) is 13.8. The van der Waals surface area contributed by atoms with Gasteiger partial charge < -0.3 is 14.2 Å². The summed E-state index contributed by atoms with van der Waals surface area (Å²) in [4.78, 5) is 12.1. The van der Waals surface area contributed by atoms with Crippen LogP contribution in [0.25, 0.3) is 0 Å². The molecule has 1 atom stereocenters. The summed E-state index contributed by atoms with van der Waals surface area (Å²) in [6, 6.07) is 11.1. The lowest BCUT2D eigenvalue weighted by atomic mass is 10.2. The molecule has 1 amide bonds. The molecule has 1 aliphatic heterocycles. The van der Waals surface area contributed by atoms with Gasteiger partial charge in [-0.1, -0.05) is 6.07 Å². The third-order valence-electron chi connectivity index (χ3n) is 3.55. The van der Waals surface area contributed by atoms with Gasteiger partial charge >= 0.3 is 0 Å². The van der Waals surface area contributed by atoms with E-state index in [1.54, 1.807) is 19.1 Å². The molecule has 3 rings (SSSR count). The lowest BCUT2D eigenvalue weighted by molar-refractivity contribution is -0.127. The Balaban J connectivity index is 1.56. The first kappa shape index (κ1) is 17.3. The van der Waals surface area contributed by atoms with Crippen molar-refractivity contribution in [3.8, 4) is 17.2 Å². The third kappa shape index (κ3) is 4.30. The van der Waals surface area contributed by atoms with Crippen LogP contribution in [0.4, 0.5) is 0 Å². The third-order valence-corrected chi connectivity index (χ3v) is 4.17. The molecule has 1 N–H and O–H groups in total. The van der Waals surface area contributed by atoms with Crippen molar-refractivity contribution in [3.05, 3.63) is 52.0 Å². The van der Waals surface area contributed by atoms with Crippen LogP contribution in [0, 0.1) is 6.92 Å². The zero-order valence-corrected chi connectivity index (χ0v) is 15.4. The number of hydrazone groups is 1. The number of nitrogens with one attached hydrogen (secondary N) is 1. The van der Waals surface area contributed by atoms with Gasteiger partial charge in [0, 0.05) is 0 Å². The molecule has 7 heteroatoms. The molecule has 0 saturated carbocycles. The van der Waals surface area contributed by atoms with Gasteiger partial charge in [-0.2, -0.15) is 5.10 Å². The van der Waals surface area contributed by atoms with Gasteiger partial charge in [-0.05, 0) is 71.2 Å². The van der Waals surface area contributed by atoms with Crippen molar-refractivity contribution in [1.82, 2.24) is 5.43 Å². The number of carbonyl (C=O) groups is 1. The van der Waals surface area contributed by atoms with Crippen LogP contribution in [0.15, 0.2) is 46.0 Å². The Kier molecular flexibility index (Phi) is 5.23. The monoisotopic (exact) mass is 404 g/mol. The van der Waals surface area contributed by atoms with E-state index >= 15 is 0 Å². The minimum atomic E-state index is -0.687. The van der Waals surface area contributed by atoms with E-state index in [-0.39, 0.29) is 12.7 Å². The standard InChI is InChI=1S/C18H17BrN2O4/c1-11-3-5-15(14(19)7-11)25-12(2)18(22)21-20-9-13-4-6-16-17(8-13)24-10-23-16/h3-9,12H,10H2,1-2H3,(H,21,22). The summed E-state index contributed by atoms with van der Waals surface area (Å²) in [5, 5.41) is 3.95. The minimum absolute atomic E-state index is 0.218. The average molecular weight is 405 g/mol. The molecule has 0 spiro atoms. The molecule has 130 valence electrons. The minimum Gasteiger partial charge on any atom is -0.480 e. The lowest BCUT2D eigenvalue weighted by Gasteiger charge is -2.14. The second-order valence-corrected chi connectivity index (χ2v) is 6.40. The number of rotatable bonds is 5. The van der Waals surface area contributed by atoms with Gasteiger partial charge in [0.15, 0.2) is 17.6 Å². The Bertz CT molecular complexity index is 823. The molecule has 1 unspecified atom stereocenters. The quantitative estimate of drug-likeness (QED) is 0.612. The fraction of sp³-hybridized carbons (Fsp3) is 0.222. The SMILES string of the molecule is Cc1ccc(OC(C)C(=O)NN=Cc2ccc3c(c2)OCO3)c(Br)c1. The number of ether oxygens (including phenoxy) is 3. The molecule has 0 saturated heterocycles. The van der Waals surface area contributed by atoms with Crippen molar-refractivity contribution in [1.29, 1.82) is 0 Å². The van der Waals surface area contributed by atoms with Gasteiger partial charge in [0.1, 0.15) is 5.75 Å². The predicted octanol–water partition coefficient (Wildman–Crippen LogP) is 3.40. The van der Waals surface area contributed by atoms with Gasteiger partial charge in [-0.25, -0.2) is 5.43 Å². The van der Waals surface area contributed by atoms with E-state index in [2.05, 4.69) is 26.5 Å². The molecule has 2 aromatic carbocycles. The van der Waals surface area contributed by atoms with Crippen LogP contribution >= 0.6 is 15.9 Å². The van der Waals surface area contributed by atoms with E-state index in [0.717, 1.165) is 15.6 Å². The molecular formula is C18H17BrN2O4. The van der Waals surface area contributed by atoms with Crippen LogP contribution in [-0.2, 0) is 4.79 Å². The number of aryl methyl sites for hydroxylation is 1. The van der Waals surface area contributed by atoms with E-state index in [9.17, 15) is 4.79 Å². The maximum Gasteiger partial charge on any atom is 0.280 e. The molecular weight excluding hydrogens is 388 g/mol. The Hall–Kier alpha value is -2.54. The summed E-state index contributed by atoms with van der Waals surface area (Å²) >= 11 is 3.42. The largest absolute Gasteiger partial charge is 0.480 e. The molecule has 1 aliphatic rings. The molecule has 2 aromatic rings. The summed E-state index contributed by atoms with van der Waals surface area (Å²) in [7, 11) is 0. The van der Waals surface area contributed by atoms with Gasteiger partial charge in [-0.3, -0.25) is 4.79 Å². The molecule has 0 bridgehead atoms. The molecule has 6 nitrogen and oxygen atoms in total. The Labute approximate surface area is 153 Å². The number of hydrogen-bond acceptors (Lipinski definition) is 5. The van der Waals surface area contributed by atoms with Crippen molar-refractivity contribution >= 4 is 28.1 Å². The highest BCUT2D eigenvalue weighted by Gasteiger charge is 2.16. The molecule has 0 aliphatic carbocycles. The van der Waals surface area contributed by atoms with E-state index in [1.165, 1.54) is 6.21 Å². The second-order valence-electron chi connectivity index (χ2n) is 5.54. The summed E-state index contributed by atoms with van der Waals surface area (Å²) in [6.45, 7) is 3.86. The zero-order chi connectivity index (χ0) is 17.8. The maximum absolute atomic E-state index is 12.1. The summed E-state index contributed by atoms with van der Waals surface area (Å²) in [5.41, 5.74) is 4.36. The van der Waals surface area contributed by atoms with Crippen molar-refractivity contribution in [2.24, 2.45) is 5.10 Å². The molecule has 0 radical (unpaired) electrons. The average Bonchev–Trinajstić information content (AvgIpc) is 3.05. The van der Waals surface area contributed by atoms with Crippen LogP contribution in [0.5, 0.6) is 17.2 Å².